The van der Waals surface area contributed by atoms with Gasteiger partial charge >= 0.3 is 0 Å². The van der Waals surface area contributed by atoms with Crippen LogP contribution in [0.25, 0.3) is 11.0 Å². The lowest BCUT2D eigenvalue weighted by Gasteiger charge is -2.20. The molecule has 0 bridgehead atoms. The van der Waals surface area contributed by atoms with Gasteiger partial charge in [-0.05, 0) is 37.5 Å². The lowest BCUT2D eigenvalue weighted by Crippen LogP contribution is -2.38. The van der Waals surface area contributed by atoms with Crippen molar-refractivity contribution in [1.29, 1.82) is 0 Å². The van der Waals surface area contributed by atoms with Gasteiger partial charge in [0.1, 0.15) is 5.58 Å². The summed E-state index contributed by atoms with van der Waals surface area (Å²) in [6.45, 7) is 6.15. The molecule has 2 aromatic rings. The van der Waals surface area contributed by atoms with E-state index < -0.39 is 0 Å². The van der Waals surface area contributed by atoms with Crippen LogP contribution in [-0.4, -0.2) is 17.8 Å². The third-order valence-electron chi connectivity index (χ3n) is 3.44. The van der Waals surface area contributed by atoms with Crippen molar-refractivity contribution in [3.8, 4) is 0 Å². The molecule has 1 aromatic heterocycles. The predicted molar refractivity (Wildman–Crippen MR) is 82.4 cm³/mol. The highest BCUT2D eigenvalue weighted by Gasteiger charge is 2.19. The predicted octanol–water partition coefficient (Wildman–Crippen LogP) is 4.12. The fourth-order valence-corrected chi connectivity index (χ4v) is 2.44. The second kappa shape index (κ2) is 6.31. The van der Waals surface area contributed by atoms with Crippen molar-refractivity contribution in [1.82, 2.24) is 5.32 Å². The molecule has 0 saturated heterocycles. The van der Waals surface area contributed by atoms with Gasteiger partial charge in [-0.1, -0.05) is 25.5 Å². The first-order valence-electron chi connectivity index (χ1n) is 6.88. The standard InChI is InChI=1S/C16H20ClNO2/c1-10(2)13(6-7-17)18-16(19)15-9-12-8-11(3)4-5-14(12)20-15/h4-5,8-10,13H,6-7H2,1-3H3,(H,18,19). The summed E-state index contributed by atoms with van der Waals surface area (Å²) < 4.78 is 5.60. The van der Waals surface area contributed by atoms with Crippen LogP contribution < -0.4 is 5.32 Å². The zero-order chi connectivity index (χ0) is 14.7. The van der Waals surface area contributed by atoms with E-state index >= 15 is 0 Å². The monoisotopic (exact) mass is 293 g/mol. The van der Waals surface area contributed by atoms with Gasteiger partial charge in [-0.3, -0.25) is 4.79 Å². The number of aryl methyl sites for hydroxylation is 1. The Hall–Kier alpha value is -1.48. The topological polar surface area (TPSA) is 42.2 Å². The average molecular weight is 294 g/mol. The molecule has 20 heavy (non-hydrogen) atoms. The Morgan fingerprint density at radius 3 is 2.75 bits per heavy atom. The molecule has 1 aromatic carbocycles. The summed E-state index contributed by atoms with van der Waals surface area (Å²) in [6.07, 6.45) is 0.754. The maximum absolute atomic E-state index is 12.2. The Bertz CT molecular complexity index is 604. The van der Waals surface area contributed by atoms with Gasteiger partial charge in [0, 0.05) is 17.3 Å². The molecular weight excluding hydrogens is 274 g/mol. The Balaban J connectivity index is 2.18. The van der Waals surface area contributed by atoms with E-state index in [0.717, 1.165) is 23.0 Å². The van der Waals surface area contributed by atoms with Crippen molar-refractivity contribution in [3.05, 3.63) is 35.6 Å². The number of alkyl halides is 1. The number of carbonyl (C=O) groups excluding carboxylic acids is 1. The maximum Gasteiger partial charge on any atom is 0.287 e. The number of hydrogen-bond acceptors (Lipinski definition) is 2. The molecule has 0 aliphatic carbocycles. The van der Waals surface area contributed by atoms with Crippen LogP contribution >= 0.6 is 11.6 Å². The maximum atomic E-state index is 12.2. The highest BCUT2D eigenvalue weighted by atomic mass is 35.5. The molecule has 108 valence electrons. The Morgan fingerprint density at radius 2 is 2.10 bits per heavy atom. The van der Waals surface area contributed by atoms with Crippen molar-refractivity contribution >= 4 is 28.5 Å². The summed E-state index contributed by atoms with van der Waals surface area (Å²) >= 11 is 5.78. The van der Waals surface area contributed by atoms with Gasteiger partial charge in [0.2, 0.25) is 0 Å². The molecule has 2 rings (SSSR count). The van der Waals surface area contributed by atoms with E-state index in [4.69, 9.17) is 16.0 Å². The molecule has 0 aliphatic heterocycles. The molecule has 1 unspecified atom stereocenters. The number of benzene rings is 1. The normalized spacial score (nSPS) is 12.8. The Kier molecular flexibility index (Phi) is 4.71. The lowest BCUT2D eigenvalue weighted by molar-refractivity contribution is 0.0899. The third-order valence-corrected chi connectivity index (χ3v) is 3.66. The fraction of sp³-hybridized carbons (Fsp3) is 0.438. The molecule has 0 saturated carbocycles. The van der Waals surface area contributed by atoms with Crippen LogP contribution in [0.2, 0.25) is 0 Å². The number of furan rings is 1. The third kappa shape index (κ3) is 3.34. The molecule has 0 fully saturated rings. The SMILES string of the molecule is Cc1ccc2oc(C(=O)NC(CCCl)C(C)C)cc2c1. The van der Waals surface area contributed by atoms with Crippen LogP contribution in [0.3, 0.4) is 0 Å². The smallest absolute Gasteiger partial charge is 0.287 e. The zero-order valence-electron chi connectivity index (χ0n) is 12.1. The van der Waals surface area contributed by atoms with Gasteiger partial charge in [-0.15, -0.1) is 11.6 Å². The summed E-state index contributed by atoms with van der Waals surface area (Å²) in [6, 6.07) is 7.72. The minimum atomic E-state index is -0.178. The summed E-state index contributed by atoms with van der Waals surface area (Å²) in [4.78, 5) is 12.2. The first-order chi connectivity index (χ1) is 9.51. The van der Waals surface area contributed by atoms with E-state index in [1.54, 1.807) is 6.07 Å². The van der Waals surface area contributed by atoms with Gasteiger partial charge in [-0.2, -0.15) is 0 Å². The molecule has 4 heteroatoms. The van der Waals surface area contributed by atoms with Gasteiger partial charge in [0.25, 0.3) is 5.91 Å². The van der Waals surface area contributed by atoms with E-state index in [2.05, 4.69) is 19.2 Å². The molecule has 1 amide bonds. The molecule has 3 nitrogen and oxygen atoms in total. The van der Waals surface area contributed by atoms with Crippen molar-refractivity contribution in [2.75, 3.05) is 5.88 Å². The quantitative estimate of drug-likeness (QED) is 0.843. The zero-order valence-corrected chi connectivity index (χ0v) is 12.8. The number of amides is 1. The largest absolute Gasteiger partial charge is 0.451 e. The summed E-state index contributed by atoms with van der Waals surface area (Å²) in [7, 11) is 0. The fourth-order valence-electron chi connectivity index (χ4n) is 2.20. The van der Waals surface area contributed by atoms with E-state index in [0.29, 0.717) is 17.6 Å². The molecule has 1 atom stereocenters. The Labute approximate surface area is 124 Å². The number of halogens is 1. The van der Waals surface area contributed by atoms with Crippen LogP contribution in [0.15, 0.2) is 28.7 Å². The molecule has 1 N–H and O–H groups in total. The molecular formula is C16H20ClNO2. The highest BCUT2D eigenvalue weighted by molar-refractivity contribution is 6.17. The Morgan fingerprint density at radius 1 is 1.35 bits per heavy atom. The van der Waals surface area contributed by atoms with E-state index in [9.17, 15) is 4.79 Å². The van der Waals surface area contributed by atoms with E-state index in [-0.39, 0.29) is 11.9 Å². The van der Waals surface area contributed by atoms with Crippen LogP contribution in [0.4, 0.5) is 0 Å². The number of hydrogen-bond donors (Lipinski definition) is 1. The first-order valence-corrected chi connectivity index (χ1v) is 7.41. The van der Waals surface area contributed by atoms with E-state index in [1.807, 2.05) is 25.1 Å². The van der Waals surface area contributed by atoms with Gasteiger partial charge in [-0.25, -0.2) is 0 Å². The molecule has 0 spiro atoms. The van der Waals surface area contributed by atoms with Crippen molar-refractivity contribution in [2.24, 2.45) is 5.92 Å². The molecule has 0 radical (unpaired) electrons. The van der Waals surface area contributed by atoms with Crippen molar-refractivity contribution < 1.29 is 9.21 Å². The van der Waals surface area contributed by atoms with Crippen molar-refractivity contribution in [2.45, 2.75) is 33.2 Å². The average Bonchev–Trinajstić information content (AvgIpc) is 2.80. The summed E-state index contributed by atoms with van der Waals surface area (Å²) in [5.41, 5.74) is 1.88. The molecule has 0 aliphatic rings. The van der Waals surface area contributed by atoms with Crippen LogP contribution in [0.5, 0.6) is 0 Å². The minimum Gasteiger partial charge on any atom is -0.451 e. The lowest BCUT2D eigenvalue weighted by atomic mass is 10.0. The van der Waals surface area contributed by atoms with Crippen LogP contribution in [0.1, 0.15) is 36.4 Å². The van der Waals surface area contributed by atoms with Gasteiger partial charge in [0.05, 0.1) is 0 Å². The first kappa shape index (κ1) is 14.9. The van der Waals surface area contributed by atoms with Crippen molar-refractivity contribution in [3.63, 3.8) is 0 Å². The number of carbonyl (C=O) groups is 1. The van der Waals surface area contributed by atoms with Crippen LogP contribution in [-0.2, 0) is 0 Å². The van der Waals surface area contributed by atoms with E-state index in [1.165, 1.54) is 0 Å². The highest BCUT2D eigenvalue weighted by Crippen LogP contribution is 2.21. The van der Waals surface area contributed by atoms with Crippen LogP contribution in [0, 0.1) is 12.8 Å². The summed E-state index contributed by atoms with van der Waals surface area (Å²) in [5, 5.41) is 3.94. The number of fused-ring (bicyclic) bond motifs is 1. The molecule has 1 heterocycles. The number of rotatable bonds is 5. The number of nitrogens with one attached hydrogen (secondary N) is 1. The second-order valence-electron chi connectivity index (χ2n) is 5.45. The van der Waals surface area contributed by atoms with Gasteiger partial charge in [0.15, 0.2) is 5.76 Å². The second-order valence-corrected chi connectivity index (χ2v) is 5.83. The van der Waals surface area contributed by atoms with Gasteiger partial charge < -0.3 is 9.73 Å². The minimum absolute atomic E-state index is 0.0648. The summed E-state index contributed by atoms with van der Waals surface area (Å²) in [5.74, 6) is 1.04.